The fraction of sp³-hybridized carbons (Fsp3) is 0.933. The maximum Gasteiger partial charge on any atom is 0.323 e. The second-order valence-electron chi connectivity index (χ2n) is 7.05. The standard InChI is InChI=1S/C15H27N3O2/c1-17-11-4-5-13(17)10-18(8-6-11)12-3-2-7-15(16,9-12)14(19)20/h11-13H,2-10,16H2,1H3,(H,19,20). The van der Waals surface area contributed by atoms with Gasteiger partial charge in [-0.15, -0.1) is 0 Å². The molecule has 3 rings (SSSR count). The van der Waals surface area contributed by atoms with Crippen molar-refractivity contribution in [2.45, 2.75) is 68.6 Å². The van der Waals surface area contributed by atoms with Crippen LogP contribution >= 0.6 is 0 Å². The summed E-state index contributed by atoms with van der Waals surface area (Å²) in [6.07, 6.45) is 7.12. The molecule has 3 N–H and O–H groups in total. The van der Waals surface area contributed by atoms with Crippen LogP contribution in [0.1, 0.15) is 44.9 Å². The van der Waals surface area contributed by atoms with Gasteiger partial charge in [0.2, 0.25) is 0 Å². The van der Waals surface area contributed by atoms with Gasteiger partial charge in [-0.25, -0.2) is 0 Å². The molecule has 0 aromatic rings. The second kappa shape index (κ2) is 5.28. The van der Waals surface area contributed by atoms with Crippen molar-refractivity contribution in [3.63, 3.8) is 0 Å². The summed E-state index contributed by atoms with van der Waals surface area (Å²) < 4.78 is 0. The van der Waals surface area contributed by atoms with E-state index in [0.717, 1.165) is 32.0 Å². The Bertz CT molecular complexity index is 389. The first-order valence-corrected chi connectivity index (χ1v) is 7.98. The summed E-state index contributed by atoms with van der Waals surface area (Å²) in [5.74, 6) is -0.823. The maximum atomic E-state index is 11.4. The number of aliphatic carboxylic acids is 1. The van der Waals surface area contributed by atoms with Crippen LogP contribution in [0.25, 0.3) is 0 Å². The van der Waals surface area contributed by atoms with Crippen LogP contribution in [0.15, 0.2) is 0 Å². The first-order valence-electron chi connectivity index (χ1n) is 7.98. The normalized spacial score (nSPS) is 43.4. The molecule has 0 spiro atoms. The maximum absolute atomic E-state index is 11.4. The third-order valence-corrected chi connectivity index (χ3v) is 5.88. The lowest BCUT2D eigenvalue weighted by Crippen LogP contribution is -2.56. The molecule has 2 heterocycles. The molecule has 1 aliphatic carbocycles. The summed E-state index contributed by atoms with van der Waals surface area (Å²) >= 11 is 0. The van der Waals surface area contributed by atoms with Gasteiger partial charge in [-0.05, 0) is 58.5 Å². The van der Waals surface area contributed by atoms with Crippen molar-refractivity contribution in [2.24, 2.45) is 5.73 Å². The SMILES string of the molecule is CN1C2CCC1CN(C1CCCC(N)(C(=O)O)C1)CC2. The Morgan fingerprint density at radius 3 is 2.70 bits per heavy atom. The van der Waals surface area contributed by atoms with Gasteiger partial charge in [-0.3, -0.25) is 14.6 Å². The van der Waals surface area contributed by atoms with Crippen LogP contribution in [-0.4, -0.2) is 64.7 Å². The summed E-state index contributed by atoms with van der Waals surface area (Å²) in [5, 5.41) is 9.36. The highest BCUT2D eigenvalue weighted by molar-refractivity contribution is 5.78. The molecular formula is C15H27N3O2. The zero-order chi connectivity index (χ0) is 14.3. The van der Waals surface area contributed by atoms with Crippen LogP contribution in [0.4, 0.5) is 0 Å². The van der Waals surface area contributed by atoms with Crippen LogP contribution in [0.3, 0.4) is 0 Å². The highest BCUT2D eigenvalue weighted by Crippen LogP contribution is 2.34. The summed E-state index contributed by atoms with van der Waals surface area (Å²) in [6, 6.07) is 1.75. The van der Waals surface area contributed by atoms with Gasteiger partial charge in [0.1, 0.15) is 5.54 Å². The number of nitrogens with zero attached hydrogens (tertiary/aromatic N) is 2. The van der Waals surface area contributed by atoms with Gasteiger partial charge in [-0.2, -0.15) is 0 Å². The molecule has 0 radical (unpaired) electrons. The van der Waals surface area contributed by atoms with Gasteiger partial charge in [0, 0.05) is 24.7 Å². The monoisotopic (exact) mass is 281 g/mol. The molecule has 4 unspecified atom stereocenters. The number of likely N-dealkylation sites (N-methyl/N-ethyl adjacent to an activating group) is 1. The number of nitrogens with two attached hydrogens (primary N) is 1. The van der Waals surface area contributed by atoms with E-state index in [1.807, 2.05) is 0 Å². The van der Waals surface area contributed by atoms with Gasteiger partial charge in [-0.1, -0.05) is 0 Å². The summed E-state index contributed by atoms with van der Waals surface area (Å²) in [7, 11) is 2.25. The topological polar surface area (TPSA) is 69.8 Å². The second-order valence-corrected chi connectivity index (χ2v) is 7.05. The van der Waals surface area contributed by atoms with Crippen molar-refractivity contribution in [1.82, 2.24) is 9.80 Å². The molecule has 0 aromatic carbocycles. The number of carboxylic acid groups (broad SMARTS) is 1. The Morgan fingerprint density at radius 2 is 1.95 bits per heavy atom. The molecule has 2 aliphatic heterocycles. The average Bonchev–Trinajstić information content (AvgIpc) is 2.63. The molecule has 0 amide bonds. The van der Waals surface area contributed by atoms with E-state index < -0.39 is 11.5 Å². The van der Waals surface area contributed by atoms with Gasteiger partial charge in [0.05, 0.1) is 0 Å². The molecule has 114 valence electrons. The van der Waals surface area contributed by atoms with E-state index in [0.29, 0.717) is 24.9 Å². The number of fused-ring (bicyclic) bond motifs is 2. The fourth-order valence-electron chi connectivity index (χ4n) is 4.45. The van der Waals surface area contributed by atoms with E-state index in [-0.39, 0.29) is 0 Å². The van der Waals surface area contributed by atoms with E-state index in [9.17, 15) is 9.90 Å². The van der Waals surface area contributed by atoms with E-state index >= 15 is 0 Å². The first kappa shape index (κ1) is 14.3. The molecular weight excluding hydrogens is 254 g/mol. The Balaban J connectivity index is 1.68. The largest absolute Gasteiger partial charge is 0.480 e. The predicted molar refractivity (Wildman–Crippen MR) is 77.6 cm³/mol. The van der Waals surface area contributed by atoms with Gasteiger partial charge < -0.3 is 10.8 Å². The van der Waals surface area contributed by atoms with Crippen molar-refractivity contribution in [3.8, 4) is 0 Å². The fourth-order valence-corrected chi connectivity index (χ4v) is 4.45. The number of carboxylic acids is 1. The number of likely N-dealkylation sites (tertiary alicyclic amines) is 1. The van der Waals surface area contributed by atoms with Gasteiger partial charge in [0.25, 0.3) is 0 Å². The Morgan fingerprint density at radius 1 is 1.20 bits per heavy atom. The molecule has 3 fully saturated rings. The third-order valence-electron chi connectivity index (χ3n) is 5.88. The quantitative estimate of drug-likeness (QED) is 0.786. The molecule has 2 saturated heterocycles. The number of hydrogen-bond donors (Lipinski definition) is 2. The molecule has 20 heavy (non-hydrogen) atoms. The van der Waals surface area contributed by atoms with E-state index in [2.05, 4.69) is 16.8 Å². The molecule has 3 aliphatic rings. The lowest BCUT2D eigenvalue weighted by Gasteiger charge is -2.41. The predicted octanol–water partition coefficient (Wildman–Crippen LogP) is 0.880. The highest BCUT2D eigenvalue weighted by atomic mass is 16.4. The lowest BCUT2D eigenvalue weighted by molar-refractivity contribution is -0.145. The van der Waals surface area contributed by atoms with Gasteiger partial charge in [0.15, 0.2) is 0 Å². The number of hydrogen-bond acceptors (Lipinski definition) is 4. The average molecular weight is 281 g/mol. The molecule has 5 nitrogen and oxygen atoms in total. The number of rotatable bonds is 2. The minimum atomic E-state index is -1.000. The summed E-state index contributed by atoms with van der Waals surface area (Å²) in [5.41, 5.74) is 5.10. The molecule has 1 saturated carbocycles. The van der Waals surface area contributed by atoms with E-state index in [1.165, 1.54) is 19.3 Å². The van der Waals surface area contributed by atoms with Crippen LogP contribution in [0, 0.1) is 0 Å². The van der Waals surface area contributed by atoms with Gasteiger partial charge >= 0.3 is 5.97 Å². The Hall–Kier alpha value is -0.650. The lowest BCUT2D eigenvalue weighted by atomic mass is 9.79. The Labute approximate surface area is 121 Å². The molecule has 2 bridgehead atoms. The van der Waals surface area contributed by atoms with Crippen molar-refractivity contribution in [1.29, 1.82) is 0 Å². The molecule has 0 aromatic heterocycles. The van der Waals surface area contributed by atoms with Crippen LogP contribution in [-0.2, 0) is 4.79 Å². The van der Waals surface area contributed by atoms with Crippen molar-refractivity contribution < 1.29 is 9.90 Å². The van der Waals surface area contributed by atoms with Crippen LogP contribution < -0.4 is 5.73 Å². The van der Waals surface area contributed by atoms with Crippen molar-refractivity contribution in [3.05, 3.63) is 0 Å². The zero-order valence-corrected chi connectivity index (χ0v) is 12.4. The minimum Gasteiger partial charge on any atom is -0.480 e. The molecule has 5 heteroatoms. The van der Waals surface area contributed by atoms with E-state index in [1.54, 1.807) is 0 Å². The Kier molecular flexibility index (Phi) is 3.77. The highest BCUT2D eigenvalue weighted by Gasteiger charge is 2.43. The minimum absolute atomic E-state index is 0.359. The molecule has 4 atom stereocenters. The summed E-state index contributed by atoms with van der Waals surface area (Å²) in [6.45, 7) is 2.19. The van der Waals surface area contributed by atoms with E-state index in [4.69, 9.17) is 5.73 Å². The third kappa shape index (κ3) is 2.47. The van der Waals surface area contributed by atoms with Crippen LogP contribution in [0.2, 0.25) is 0 Å². The zero-order valence-electron chi connectivity index (χ0n) is 12.4. The van der Waals surface area contributed by atoms with Crippen molar-refractivity contribution >= 4 is 5.97 Å². The smallest absolute Gasteiger partial charge is 0.323 e. The van der Waals surface area contributed by atoms with Crippen molar-refractivity contribution in [2.75, 3.05) is 20.1 Å². The number of carbonyl (C=O) groups is 1. The van der Waals surface area contributed by atoms with Crippen LogP contribution in [0.5, 0.6) is 0 Å². The first-order chi connectivity index (χ1) is 9.49. The summed E-state index contributed by atoms with van der Waals surface area (Å²) in [4.78, 5) is 16.5.